The number of hydrogen-bond donors (Lipinski definition) is 0. The van der Waals surface area contributed by atoms with Crippen LogP contribution in [-0.4, -0.2) is 25.0 Å². The van der Waals surface area contributed by atoms with Crippen LogP contribution < -0.4 is 5.46 Å². The van der Waals surface area contributed by atoms with Crippen molar-refractivity contribution in [3.05, 3.63) is 29.8 Å². The van der Waals surface area contributed by atoms with E-state index < -0.39 is 0 Å². The predicted octanol–water partition coefficient (Wildman–Crippen LogP) is 2.72. The lowest BCUT2D eigenvalue weighted by molar-refractivity contribution is 0.00578. The number of nitrogens with zero attached hydrogens (tertiary/aromatic N) is 1. The first kappa shape index (κ1) is 15.6. The van der Waals surface area contributed by atoms with Gasteiger partial charge >= 0.3 is 7.12 Å². The molecule has 0 unspecified atom stereocenters. The fraction of sp³-hybridized carbons (Fsp3) is 0.588. The van der Waals surface area contributed by atoms with E-state index in [1.54, 1.807) is 0 Å². The topological polar surface area (TPSA) is 42.2 Å². The summed E-state index contributed by atoms with van der Waals surface area (Å²) in [5.74, 6) is 3.02. The van der Waals surface area contributed by atoms with E-state index >= 15 is 0 Å². The van der Waals surface area contributed by atoms with Crippen LogP contribution in [0, 0.1) is 17.1 Å². The third kappa shape index (κ3) is 2.83. The second-order valence-corrected chi connectivity index (χ2v) is 7.70. The van der Waals surface area contributed by atoms with Gasteiger partial charge in [-0.2, -0.15) is 0 Å². The Kier molecular flexibility index (Phi) is 3.87. The lowest BCUT2D eigenvalue weighted by atomic mass is 9.32. The van der Waals surface area contributed by atoms with Gasteiger partial charge in [0.25, 0.3) is 6.71 Å². The number of nitriles is 1. The molecule has 114 valence electrons. The molecule has 0 atom stereocenters. The number of benzene rings is 1. The lowest BCUT2D eigenvalue weighted by Crippen LogP contribution is -2.41. The summed E-state index contributed by atoms with van der Waals surface area (Å²) in [6.45, 7) is 8.58. The van der Waals surface area contributed by atoms with Crippen LogP contribution in [0.25, 0.3) is 0 Å². The molecule has 0 amide bonds. The van der Waals surface area contributed by atoms with Gasteiger partial charge < -0.3 is 9.31 Å². The molecule has 3 nitrogen and oxygen atoms in total. The second kappa shape index (κ2) is 5.44. The van der Waals surface area contributed by atoms with Crippen LogP contribution in [-0.2, 0) is 15.7 Å². The van der Waals surface area contributed by atoms with Gasteiger partial charge in [-0.3, -0.25) is 0 Å². The Bertz CT molecular complexity index is 570. The summed E-state index contributed by atoms with van der Waals surface area (Å²) in [5.41, 5.74) is 1.82. The minimum Gasteiger partial charge on any atom is -0.399 e. The molecule has 2 aliphatic heterocycles. The van der Waals surface area contributed by atoms with Crippen LogP contribution in [0.2, 0.25) is 12.6 Å². The first-order valence-electron chi connectivity index (χ1n) is 8.15. The minimum absolute atomic E-state index is 0.286. The quantitative estimate of drug-likeness (QED) is 0.805. The maximum Gasteiger partial charge on any atom is 0.494 e. The van der Waals surface area contributed by atoms with Crippen molar-refractivity contribution in [2.75, 3.05) is 0 Å². The largest absolute Gasteiger partial charge is 0.494 e. The monoisotopic (exact) mass is 295 g/mol. The Labute approximate surface area is 134 Å². The molecule has 5 heteroatoms. The van der Waals surface area contributed by atoms with Crippen molar-refractivity contribution >= 4 is 19.3 Å². The van der Waals surface area contributed by atoms with Gasteiger partial charge in [-0.1, -0.05) is 36.9 Å². The Morgan fingerprint density at radius 1 is 1.09 bits per heavy atom. The third-order valence-corrected chi connectivity index (χ3v) is 5.45. The van der Waals surface area contributed by atoms with Crippen LogP contribution >= 0.6 is 0 Å². The molecule has 2 aliphatic rings. The van der Waals surface area contributed by atoms with E-state index in [1.807, 2.05) is 0 Å². The van der Waals surface area contributed by atoms with E-state index in [-0.39, 0.29) is 25.0 Å². The molecule has 0 spiro atoms. The molecule has 2 saturated heterocycles. The van der Waals surface area contributed by atoms with Crippen molar-refractivity contribution in [3.8, 4) is 5.97 Å². The van der Waals surface area contributed by atoms with E-state index in [4.69, 9.17) is 14.6 Å². The van der Waals surface area contributed by atoms with E-state index in [1.165, 1.54) is 5.56 Å². The maximum atomic E-state index is 8.83. The number of hydrogen-bond acceptors (Lipinski definition) is 3. The second-order valence-electron chi connectivity index (χ2n) is 7.70. The zero-order valence-corrected chi connectivity index (χ0v) is 13.9. The fourth-order valence-electron chi connectivity index (χ4n) is 3.13. The molecule has 0 bridgehead atoms. The number of rotatable bonds is 3. The van der Waals surface area contributed by atoms with Gasteiger partial charge in [-0.05, 0) is 51.1 Å². The molecule has 3 rings (SSSR count). The zero-order chi connectivity index (χ0) is 16.0. The van der Waals surface area contributed by atoms with Crippen molar-refractivity contribution in [2.45, 2.75) is 58.0 Å². The Balaban J connectivity index is 1.62. The van der Waals surface area contributed by atoms with Crippen molar-refractivity contribution in [1.82, 2.24) is 0 Å². The van der Waals surface area contributed by atoms with Crippen molar-refractivity contribution in [3.63, 3.8) is 0 Å². The highest BCUT2D eigenvalue weighted by atomic mass is 16.7. The smallest absolute Gasteiger partial charge is 0.399 e. The predicted molar refractivity (Wildman–Crippen MR) is 90.3 cm³/mol. The molecule has 22 heavy (non-hydrogen) atoms. The van der Waals surface area contributed by atoms with E-state index in [2.05, 4.69) is 57.9 Å². The summed E-state index contributed by atoms with van der Waals surface area (Å²) in [5, 5.41) is 8.83. The van der Waals surface area contributed by atoms with Crippen molar-refractivity contribution in [1.29, 1.82) is 5.26 Å². The SMILES string of the molecule is CC1(C)OB(c2ccc(CC3CB(C#N)C3)cc2)OC1(C)C. The average molecular weight is 295 g/mol. The first-order chi connectivity index (χ1) is 10.3. The van der Waals surface area contributed by atoms with Gasteiger partial charge in [0.2, 0.25) is 0 Å². The molecule has 1 aromatic carbocycles. The molecule has 0 saturated carbocycles. The van der Waals surface area contributed by atoms with Crippen molar-refractivity contribution < 1.29 is 9.31 Å². The first-order valence-corrected chi connectivity index (χ1v) is 8.15. The lowest BCUT2D eigenvalue weighted by Gasteiger charge is -2.32. The van der Waals surface area contributed by atoms with E-state index in [9.17, 15) is 0 Å². The van der Waals surface area contributed by atoms with E-state index in [0.717, 1.165) is 24.5 Å². The van der Waals surface area contributed by atoms with Crippen LogP contribution in [0.5, 0.6) is 0 Å². The summed E-state index contributed by atoms with van der Waals surface area (Å²) in [7, 11) is -0.286. The van der Waals surface area contributed by atoms with Gasteiger partial charge in [-0.15, -0.1) is 0 Å². The summed E-state index contributed by atoms with van der Waals surface area (Å²) in [6, 6.07) is 8.55. The van der Waals surface area contributed by atoms with Gasteiger partial charge in [0.15, 0.2) is 0 Å². The van der Waals surface area contributed by atoms with Crippen LogP contribution in [0.3, 0.4) is 0 Å². The Morgan fingerprint density at radius 3 is 2.14 bits per heavy atom. The van der Waals surface area contributed by atoms with Crippen LogP contribution in [0.4, 0.5) is 0 Å². The average Bonchev–Trinajstić information content (AvgIpc) is 2.63. The van der Waals surface area contributed by atoms with E-state index in [0.29, 0.717) is 5.92 Å². The molecule has 1 aromatic rings. The highest BCUT2D eigenvalue weighted by Gasteiger charge is 2.51. The van der Waals surface area contributed by atoms with Gasteiger partial charge in [0.1, 0.15) is 0 Å². The van der Waals surface area contributed by atoms with Crippen LogP contribution in [0.15, 0.2) is 24.3 Å². The molecule has 2 fully saturated rings. The molecule has 0 aliphatic carbocycles. The molecule has 0 radical (unpaired) electrons. The van der Waals surface area contributed by atoms with Gasteiger partial charge in [-0.25, -0.2) is 5.26 Å². The molecular formula is C17H23B2NO2. The fourth-order valence-corrected chi connectivity index (χ4v) is 3.13. The Hall–Kier alpha value is -1.24. The zero-order valence-electron chi connectivity index (χ0n) is 13.9. The molecular weight excluding hydrogens is 272 g/mol. The summed E-state index contributed by atoms with van der Waals surface area (Å²) in [4.78, 5) is 0. The highest BCUT2D eigenvalue weighted by Crippen LogP contribution is 2.36. The molecule has 2 heterocycles. The van der Waals surface area contributed by atoms with Gasteiger partial charge in [0, 0.05) is 5.97 Å². The molecule has 0 aromatic heterocycles. The van der Waals surface area contributed by atoms with Crippen molar-refractivity contribution in [2.24, 2.45) is 5.92 Å². The minimum atomic E-state index is -0.297. The Morgan fingerprint density at radius 2 is 1.64 bits per heavy atom. The molecule has 0 N–H and O–H groups in total. The highest BCUT2D eigenvalue weighted by molar-refractivity contribution is 6.69. The summed E-state index contributed by atoms with van der Waals surface area (Å²) in [6.07, 6.45) is 3.17. The normalized spacial score (nSPS) is 23.2. The standard InChI is InChI=1S/C17H23B2NO2/c1-16(2)17(3,4)22-19(21-16)15-7-5-13(6-8-15)9-14-10-18(11-14)12-20/h5-8,14H,9-11H2,1-4H3. The summed E-state index contributed by atoms with van der Waals surface area (Å²) >= 11 is 0. The van der Waals surface area contributed by atoms with Gasteiger partial charge in [0.05, 0.1) is 11.2 Å². The maximum absolute atomic E-state index is 8.83. The van der Waals surface area contributed by atoms with Crippen LogP contribution in [0.1, 0.15) is 33.3 Å². The third-order valence-electron chi connectivity index (χ3n) is 5.45. The summed E-state index contributed by atoms with van der Waals surface area (Å²) < 4.78 is 12.1.